The van der Waals surface area contributed by atoms with Gasteiger partial charge in [-0.25, -0.2) is 0 Å². The highest BCUT2D eigenvalue weighted by atomic mass is 14.4. The molecular weight excluding hydrogens is 300 g/mol. The molecule has 0 aliphatic heterocycles. The molecule has 0 saturated carbocycles. The van der Waals surface area contributed by atoms with E-state index in [2.05, 4.69) is 111 Å². The predicted octanol–water partition coefficient (Wildman–Crippen LogP) is 6.41. The molecule has 0 N–H and O–H groups in total. The third kappa shape index (κ3) is 2.46. The summed E-state index contributed by atoms with van der Waals surface area (Å²) in [6.45, 7) is 4.43. The van der Waals surface area contributed by atoms with Crippen molar-refractivity contribution in [2.75, 3.05) is 0 Å². The van der Waals surface area contributed by atoms with Gasteiger partial charge < -0.3 is 0 Å². The highest BCUT2D eigenvalue weighted by Gasteiger charge is 2.43. The summed E-state index contributed by atoms with van der Waals surface area (Å²) in [4.78, 5) is 0. The van der Waals surface area contributed by atoms with Crippen LogP contribution in [-0.2, 0) is 5.41 Å². The fourth-order valence-electron chi connectivity index (χ4n) is 4.01. The largest absolute Gasteiger partial charge is 0.0716 e. The molecule has 4 rings (SSSR count). The lowest BCUT2D eigenvalue weighted by molar-refractivity contribution is 0.791. The van der Waals surface area contributed by atoms with Crippen LogP contribution in [0.25, 0.3) is 5.57 Å². The molecule has 25 heavy (non-hydrogen) atoms. The predicted molar refractivity (Wildman–Crippen MR) is 107 cm³/mol. The third-order valence-corrected chi connectivity index (χ3v) is 5.11. The molecule has 0 heteroatoms. The molecule has 0 radical (unpaired) electrons. The summed E-state index contributed by atoms with van der Waals surface area (Å²) in [5, 5.41) is 0. The molecule has 0 bridgehead atoms. The first-order valence-electron chi connectivity index (χ1n) is 8.81. The van der Waals surface area contributed by atoms with E-state index in [0.717, 1.165) is 0 Å². The average Bonchev–Trinajstić information content (AvgIpc) is 2.83. The molecule has 1 unspecified atom stereocenters. The van der Waals surface area contributed by atoms with Crippen molar-refractivity contribution < 1.29 is 0 Å². The summed E-state index contributed by atoms with van der Waals surface area (Å²) >= 11 is 0. The van der Waals surface area contributed by atoms with Crippen LogP contribution in [0.2, 0.25) is 0 Å². The molecule has 0 aromatic heterocycles. The van der Waals surface area contributed by atoms with Crippen molar-refractivity contribution >= 4 is 5.57 Å². The zero-order valence-corrected chi connectivity index (χ0v) is 14.7. The van der Waals surface area contributed by atoms with Gasteiger partial charge in [-0.2, -0.15) is 0 Å². The van der Waals surface area contributed by atoms with Crippen LogP contribution in [0.4, 0.5) is 0 Å². The lowest BCUT2D eigenvalue weighted by atomic mass is 9.69. The second kappa shape index (κ2) is 6.22. The second-order valence-electron chi connectivity index (χ2n) is 6.84. The van der Waals surface area contributed by atoms with Gasteiger partial charge in [0, 0.05) is 0 Å². The molecule has 2 aliphatic carbocycles. The second-order valence-corrected chi connectivity index (χ2v) is 6.84. The summed E-state index contributed by atoms with van der Waals surface area (Å²) in [5.74, 6) is 0. The van der Waals surface area contributed by atoms with E-state index in [1.54, 1.807) is 0 Å². The fourth-order valence-corrected chi connectivity index (χ4v) is 4.01. The maximum absolute atomic E-state index is 2.38. The molecule has 0 amide bonds. The maximum Gasteiger partial charge on any atom is 0.0640 e. The molecule has 2 aromatic rings. The Hall–Kier alpha value is -2.86. The molecule has 0 heterocycles. The van der Waals surface area contributed by atoms with Gasteiger partial charge in [0.25, 0.3) is 0 Å². The Balaban J connectivity index is 2.03. The van der Waals surface area contributed by atoms with Crippen molar-refractivity contribution in [1.29, 1.82) is 0 Å². The Morgan fingerprint density at radius 3 is 2.12 bits per heavy atom. The normalized spacial score (nSPS) is 21.4. The van der Waals surface area contributed by atoms with Gasteiger partial charge >= 0.3 is 0 Å². The summed E-state index contributed by atoms with van der Waals surface area (Å²) in [5.41, 5.74) is 7.78. The van der Waals surface area contributed by atoms with Crippen LogP contribution in [0.1, 0.15) is 25.0 Å². The van der Waals surface area contributed by atoms with Gasteiger partial charge in [-0.05, 0) is 47.8 Å². The fraction of sp³-hybridized carbons (Fsp3) is 0.120. The highest BCUT2D eigenvalue weighted by Crippen LogP contribution is 2.54. The third-order valence-electron chi connectivity index (χ3n) is 5.11. The standard InChI is InChI=1S/C25H22/c1-19(2)24-18-22(20-12-6-3-7-13-20)23-16-10-5-11-17-25(23,24)21-14-8-4-9-15-21/h3-18H,1-2H3. The number of fused-ring (bicyclic) bond motifs is 1. The van der Waals surface area contributed by atoms with Crippen molar-refractivity contribution in [1.82, 2.24) is 0 Å². The first-order valence-corrected chi connectivity index (χ1v) is 8.81. The van der Waals surface area contributed by atoms with Crippen molar-refractivity contribution in [3.05, 3.63) is 125 Å². The lowest BCUT2D eigenvalue weighted by Crippen LogP contribution is -2.25. The van der Waals surface area contributed by atoms with E-state index in [1.165, 1.54) is 33.4 Å². The van der Waals surface area contributed by atoms with Gasteiger partial charge in [-0.3, -0.25) is 0 Å². The first-order chi connectivity index (χ1) is 12.2. The molecule has 122 valence electrons. The number of hydrogen-bond donors (Lipinski definition) is 0. The maximum atomic E-state index is 2.38. The van der Waals surface area contributed by atoms with Crippen LogP contribution >= 0.6 is 0 Å². The van der Waals surface area contributed by atoms with Crippen molar-refractivity contribution in [2.45, 2.75) is 19.3 Å². The van der Waals surface area contributed by atoms with E-state index in [0.29, 0.717) is 0 Å². The average molecular weight is 322 g/mol. The van der Waals surface area contributed by atoms with Gasteiger partial charge in [-0.1, -0.05) is 96.6 Å². The van der Waals surface area contributed by atoms with Gasteiger partial charge in [-0.15, -0.1) is 0 Å². The van der Waals surface area contributed by atoms with E-state index in [-0.39, 0.29) is 5.41 Å². The first kappa shape index (κ1) is 15.7. The summed E-state index contributed by atoms with van der Waals surface area (Å²) < 4.78 is 0. The zero-order valence-electron chi connectivity index (χ0n) is 14.7. The number of hydrogen-bond acceptors (Lipinski definition) is 0. The summed E-state index contributed by atoms with van der Waals surface area (Å²) in [6.07, 6.45) is 13.5. The minimum absolute atomic E-state index is 0.214. The summed E-state index contributed by atoms with van der Waals surface area (Å²) in [7, 11) is 0. The quantitative estimate of drug-likeness (QED) is 0.599. The van der Waals surface area contributed by atoms with Crippen LogP contribution in [-0.4, -0.2) is 0 Å². The highest BCUT2D eigenvalue weighted by molar-refractivity contribution is 5.92. The van der Waals surface area contributed by atoms with Crippen molar-refractivity contribution in [2.24, 2.45) is 0 Å². The number of allylic oxidation sites excluding steroid dienone is 10. The van der Waals surface area contributed by atoms with Crippen LogP contribution in [0, 0.1) is 0 Å². The Bertz CT molecular complexity index is 930. The number of rotatable bonds is 2. The van der Waals surface area contributed by atoms with E-state index < -0.39 is 0 Å². The monoisotopic (exact) mass is 322 g/mol. The zero-order chi connectivity index (χ0) is 17.3. The van der Waals surface area contributed by atoms with Gasteiger partial charge in [0.2, 0.25) is 0 Å². The van der Waals surface area contributed by atoms with Crippen LogP contribution < -0.4 is 0 Å². The SMILES string of the molecule is CC(C)=C1C=C(c2ccccc2)C2=CC=CC=CC21c1ccccc1. The molecule has 0 fully saturated rings. The van der Waals surface area contributed by atoms with E-state index >= 15 is 0 Å². The van der Waals surface area contributed by atoms with Gasteiger partial charge in [0.15, 0.2) is 0 Å². The lowest BCUT2D eigenvalue weighted by Gasteiger charge is -2.32. The van der Waals surface area contributed by atoms with Crippen LogP contribution in [0.3, 0.4) is 0 Å². The van der Waals surface area contributed by atoms with Crippen molar-refractivity contribution in [3.63, 3.8) is 0 Å². The summed E-state index contributed by atoms with van der Waals surface area (Å²) in [6, 6.07) is 21.6. The molecular formula is C25H22. The Labute approximate surface area is 150 Å². The van der Waals surface area contributed by atoms with E-state index in [1.807, 2.05) is 0 Å². The molecule has 1 atom stereocenters. The molecule has 2 aromatic carbocycles. The minimum atomic E-state index is -0.214. The van der Waals surface area contributed by atoms with E-state index in [9.17, 15) is 0 Å². The smallest absolute Gasteiger partial charge is 0.0640 e. The molecule has 0 nitrogen and oxygen atoms in total. The number of benzene rings is 2. The van der Waals surface area contributed by atoms with Crippen LogP contribution in [0.15, 0.2) is 114 Å². The van der Waals surface area contributed by atoms with Gasteiger partial charge in [0.1, 0.15) is 0 Å². The Morgan fingerprint density at radius 2 is 1.44 bits per heavy atom. The van der Waals surface area contributed by atoms with E-state index in [4.69, 9.17) is 0 Å². The van der Waals surface area contributed by atoms with Crippen molar-refractivity contribution in [3.8, 4) is 0 Å². The van der Waals surface area contributed by atoms with Gasteiger partial charge in [0.05, 0.1) is 5.41 Å². The van der Waals surface area contributed by atoms with Crippen LogP contribution in [0.5, 0.6) is 0 Å². The molecule has 2 aliphatic rings. The minimum Gasteiger partial charge on any atom is -0.0716 e. The topological polar surface area (TPSA) is 0 Å². The Morgan fingerprint density at radius 1 is 0.760 bits per heavy atom. The molecule has 0 saturated heterocycles. The Kier molecular flexibility index (Phi) is 3.89. The molecule has 0 spiro atoms.